The summed E-state index contributed by atoms with van der Waals surface area (Å²) in [6, 6.07) is 0.559. The molecule has 0 aliphatic carbocycles. The molecule has 0 aliphatic rings. The monoisotopic (exact) mass is 226 g/mol. The molecule has 2 unspecified atom stereocenters. The van der Waals surface area contributed by atoms with E-state index in [4.69, 9.17) is 0 Å². The van der Waals surface area contributed by atoms with Gasteiger partial charge in [-0.2, -0.15) is 0 Å². The predicted octanol–water partition coefficient (Wildman–Crippen LogP) is 3.55. The van der Waals surface area contributed by atoms with E-state index in [1.807, 2.05) is 6.20 Å². The van der Waals surface area contributed by atoms with E-state index in [2.05, 4.69) is 43.4 Å². The van der Waals surface area contributed by atoms with Crippen molar-refractivity contribution in [1.29, 1.82) is 0 Å². The maximum Gasteiger partial charge on any atom is 0.112 e. The minimum absolute atomic E-state index is 0.0444. The highest BCUT2D eigenvalue weighted by Crippen LogP contribution is 2.27. The van der Waals surface area contributed by atoms with Crippen LogP contribution in [0.1, 0.15) is 52.0 Å². The van der Waals surface area contributed by atoms with E-state index in [-0.39, 0.29) is 5.54 Å². The summed E-state index contributed by atoms with van der Waals surface area (Å²) < 4.78 is 0. The van der Waals surface area contributed by atoms with Crippen LogP contribution in [0.5, 0.6) is 0 Å². The Morgan fingerprint density at radius 3 is 2.73 bits per heavy atom. The predicted molar refractivity (Wildman–Crippen MR) is 67.3 cm³/mol. The third kappa shape index (κ3) is 3.28. The molecule has 1 aromatic rings. The van der Waals surface area contributed by atoms with E-state index in [1.165, 1.54) is 17.8 Å². The van der Waals surface area contributed by atoms with Crippen molar-refractivity contribution in [2.24, 2.45) is 0 Å². The molecule has 0 aromatic carbocycles. The lowest BCUT2D eigenvalue weighted by Gasteiger charge is -2.31. The SMILES string of the molecule is CCCC(C)NC(C)(CC)c1nccs1. The number of hydrogen-bond donors (Lipinski definition) is 1. The second-order valence-corrected chi connectivity index (χ2v) is 5.25. The molecule has 0 bridgehead atoms. The van der Waals surface area contributed by atoms with E-state index in [0.717, 1.165) is 6.42 Å². The lowest BCUT2D eigenvalue weighted by molar-refractivity contribution is 0.303. The van der Waals surface area contributed by atoms with E-state index in [0.29, 0.717) is 6.04 Å². The van der Waals surface area contributed by atoms with Crippen LogP contribution >= 0.6 is 11.3 Å². The van der Waals surface area contributed by atoms with Crippen molar-refractivity contribution in [3.63, 3.8) is 0 Å². The number of rotatable bonds is 6. The minimum Gasteiger partial charge on any atom is -0.303 e. The van der Waals surface area contributed by atoms with Crippen molar-refractivity contribution in [3.8, 4) is 0 Å². The Hall–Kier alpha value is -0.410. The summed E-state index contributed by atoms with van der Waals surface area (Å²) in [7, 11) is 0. The molecule has 1 heterocycles. The molecule has 0 aliphatic heterocycles. The van der Waals surface area contributed by atoms with Gasteiger partial charge < -0.3 is 5.32 Å². The molecule has 0 fully saturated rings. The first-order valence-corrected chi connectivity index (χ1v) is 6.68. The maximum atomic E-state index is 4.43. The number of nitrogens with one attached hydrogen (secondary N) is 1. The molecule has 0 radical (unpaired) electrons. The van der Waals surface area contributed by atoms with E-state index >= 15 is 0 Å². The maximum absolute atomic E-state index is 4.43. The third-order valence-electron chi connectivity index (χ3n) is 2.90. The zero-order chi connectivity index (χ0) is 11.3. The first kappa shape index (κ1) is 12.7. The summed E-state index contributed by atoms with van der Waals surface area (Å²) in [5.74, 6) is 0. The summed E-state index contributed by atoms with van der Waals surface area (Å²) in [5.41, 5.74) is 0.0444. The number of hydrogen-bond acceptors (Lipinski definition) is 3. The zero-order valence-corrected chi connectivity index (χ0v) is 11.0. The lowest BCUT2D eigenvalue weighted by Crippen LogP contribution is -2.44. The average molecular weight is 226 g/mol. The van der Waals surface area contributed by atoms with Crippen molar-refractivity contribution in [2.45, 2.75) is 58.5 Å². The Bertz CT molecular complexity index is 271. The molecule has 3 heteroatoms. The Morgan fingerprint density at radius 1 is 1.53 bits per heavy atom. The topological polar surface area (TPSA) is 24.9 Å². The van der Waals surface area contributed by atoms with E-state index in [9.17, 15) is 0 Å². The molecular formula is C12H22N2S. The Morgan fingerprint density at radius 2 is 2.27 bits per heavy atom. The molecule has 15 heavy (non-hydrogen) atoms. The second-order valence-electron chi connectivity index (χ2n) is 4.36. The van der Waals surface area contributed by atoms with Gasteiger partial charge in [-0.3, -0.25) is 0 Å². The van der Waals surface area contributed by atoms with Crippen LogP contribution in [0.3, 0.4) is 0 Å². The van der Waals surface area contributed by atoms with Gasteiger partial charge in [0, 0.05) is 17.6 Å². The highest BCUT2D eigenvalue weighted by atomic mass is 32.1. The van der Waals surface area contributed by atoms with E-state index < -0.39 is 0 Å². The van der Waals surface area contributed by atoms with Gasteiger partial charge in [-0.1, -0.05) is 20.3 Å². The summed E-state index contributed by atoms with van der Waals surface area (Å²) in [6.07, 6.45) is 5.42. The molecular weight excluding hydrogens is 204 g/mol. The summed E-state index contributed by atoms with van der Waals surface area (Å²) >= 11 is 1.74. The van der Waals surface area contributed by atoms with Gasteiger partial charge in [0.2, 0.25) is 0 Å². The van der Waals surface area contributed by atoms with Gasteiger partial charge in [-0.25, -0.2) is 4.98 Å². The first-order chi connectivity index (χ1) is 7.12. The zero-order valence-electron chi connectivity index (χ0n) is 10.2. The van der Waals surface area contributed by atoms with Crippen molar-refractivity contribution < 1.29 is 0 Å². The molecule has 0 saturated heterocycles. The summed E-state index contributed by atoms with van der Waals surface area (Å²) in [5, 5.41) is 6.95. The third-order valence-corrected chi connectivity index (χ3v) is 3.94. The van der Waals surface area contributed by atoms with Crippen LogP contribution in [0.4, 0.5) is 0 Å². The first-order valence-electron chi connectivity index (χ1n) is 5.80. The molecule has 1 N–H and O–H groups in total. The Balaban J connectivity index is 2.69. The van der Waals surface area contributed by atoms with Crippen LogP contribution in [-0.4, -0.2) is 11.0 Å². The van der Waals surface area contributed by atoms with Crippen LogP contribution in [-0.2, 0) is 5.54 Å². The van der Waals surface area contributed by atoms with Crippen molar-refractivity contribution >= 4 is 11.3 Å². The number of thiazole rings is 1. The molecule has 1 rings (SSSR count). The van der Waals surface area contributed by atoms with Crippen LogP contribution in [0.15, 0.2) is 11.6 Å². The highest BCUT2D eigenvalue weighted by Gasteiger charge is 2.28. The van der Waals surface area contributed by atoms with Gasteiger partial charge in [0.1, 0.15) is 5.01 Å². The fourth-order valence-corrected chi connectivity index (χ4v) is 2.70. The minimum atomic E-state index is 0.0444. The van der Waals surface area contributed by atoms with Crippen LogP contribution in [0, 0.1) is 0 Å². The molecule has 1 aromatic heterocycles. The van der Waals surface area contributed by atoms with Crippen LogP contribution in [0.25, 0.3) is 0 Å². The van der Waals surface area contributed by atoms with Crippen LogP contribution in [0.2, 0.25) is 0 Å². The molecule has 0 spiro atoms. The van der Waals surface area contributed by atoms with Gasteiger partial charge in [0.15, 0.2) is 0 Å². The molecule has 86 valence electrons. The number of nitrogens with zero attached hydrogens (tertiary/aromatic N) is 1. The fraction of sp³-hybridized carbons (Fsp3) is 0.750. The van der Waals surface area contributed by atoms with Gasteiger partial charge in [-0.05, 0) is 26.7 Å². The molecule has 2 nitrogen and oxygen atoms in total. The second kappa shape index (κ2) is 5.61. The summed E-state index contributed by atoms with van der Waals surface area (Å²) in [6.45, 7) is 8.95. The van der Waals surface area contributed by atoms with Crippen molar-refractivity contribution in [2.75, 3.05) is 0 Å². The number of aromatic nitrogens is 1. The summed E-state index contributed by atoms with van der Waals surface area (Å²) in [4.78, 5) is 4.43. The van der Waals surface area contributed by atoms with Gasteiger partial charge in [0.05, 0.1) is 5.54 Å². The standard InChI is InChI=1S/C12H22N2S/c1-5-7-10(3)14-12(4,6-2)11-13-8-9-15-11/h8-10,14H,5-7H2,1-4H3. The molecule has 0 amide bonds. The van der Waals surface area contributed by atoms with Gasteiger partial charge in [-0.15, -0.1) is 11.3 Å². The quantitative estimate of drug-likeness (QED) is 0.802. The fourth-order valence-electron chi connectivity index (χ4n) is 1.86. The highest BCUT2D eigenvalue weighted by molar-refractivity contribution is 7.09. The largest absolute Gasteiger partial charge is 0.303 e. The molecule has 0 saturated carbocycles. The Labute approximate surface area is 97.1 Å². The van der Waals surface area contributed by atoms with Gasteiger partial charge in [0.25, 0.3) is 0 Å². The van der Waals surface area contributed by atoms with Crippen molar-refractivity contribution in [3.05, 3.63) is 16.6 Å². The van der Waals surface area contributed by atoms with Crippen molar-refractivity contribution in [1.82, 2.24) is 10.3 Å². The lowest BCUT2D eigenvalue weighted by atomic mass is 9.97. The van der Waals surface area contributed by atoms with E-state index in [1.54, 1.807) is 11.3 Å². The molecule has 2 atom stereocenters. The normalized spacial score (nSPS) is 17.3. The smallest absolute Gasteiger partial charge is 0.112 e. The van der Waals surface area contributed by atoms with Crippen LogP contribution < -0.4 is 5.32 Å². The average Bonchev–Trinajstić information content (AvgIpc) is 2.71. The Kier molecular flexibility index (Phi) is 4.74. The van der Waals surface area contributed by atoms with Gasteiger partial charge >= 0.3 is 0 Å².